The zero-order valence-corrected chi connectivity index (χ0v) is 10.1. The van der Waals surface area contributed by atoms with E-state index in [0.29, 0.717) is 6.54 Å². The van der Waals surface area contributed by atoms with Crippen molar-refractivity contribution in [2.75, 3.05) is 13.2 Å². The molecule has 1 aliphatic heterocycles. The topological polar surface area (TPSA) is 89.9 Å². The second-order valence-electron chi connectivity index (χ2n) is 4.47. The highest BCUT2D eigenvalue weighted by atomic mass is 16.4. The number of aliphatic hydroxyl groups is 1. The van der Waals surface area contributed by atoms with E-state index in [2.05, 4.69) is 5.32 Å². The molecule has 0 saturated carbocycles. The van der Waals surface area contributed by atoms with Gasteiger partial charge in [0.05, 0.1) is 19.1 Å². The number of nitrogens with one attached hydrogen (secondary N) is 1. The normalized spacial score (nSPS) is 22.0. The molecule has 1 aliphatic rings. The Hall–Kier alpha value is -1.30. The zero-order valence-electron chi connectivity index (χ0n) is 10.1. The smallest absolute Gasteiger partial charge is 0.317 e. The fourth-order valence-electron chi connectivity index (χ4n) is 2.06. The van der Waals surface area contributed by atoms with Crippen LogP contribution in [0.5, 0.6) is 0 Å². The van der Waals surface area contributed by atoms with Crippen LogP contribution in [0.2, 0.25) is 0 Å². The minimum absolute atomic E-state index is 0.0409. The highest BCUT2D eigenvalue weighted by Crippen LogP contribution is 2.16. The highest BCUT2D eigenvalue weighted by molar-refractivity contribution is 5.76. The third-order valence-electron chi connectivity index (χ3n) is 2.95. The van der Waals surface area contributed by atoms with Gasteiger partial charge in [-0.25, -0.2) is 4.79 Å². The monoisotopic (exact) mass is 244 g/mol. The summed E-state index contributed by atoms with van der Waals surface area (Å²) in [6.45, 7) is 2.24. The number of carboxylic acid groups (broad SMARTS) is 1. The fourth-order valence-corrected chi connectivity index (χ4v) is 2.06. The van der Waals surface area contributed by atoms with Gasteiger partial charge in [-0.1, -0.05) is 0 Å². The molecule has 1 saturated heterocycles. The molecule has 2 unspecified atom stereocenters. The first-order chi connectivity index (χ1) is 8.04. The van der Waals surface area contributed by atoms with Gasteiger partial charge in [0.15, 0.2) is 0 Å². The van der Waals surface area contributed by atoms with Crippen LogP contribution >= 0.6 is 0 Å². The number of carbonyl (C=O) groups is 2. The lowest BCUT2D eigenvalue weighted by atomic mass is 10.0. The molecule has 0 radical (unpaired) electrons. The molecule has 1 heterocycles. The number of aliphatic hydroxyl groups excluding tert-OH is 1. The average Bonchev–Trinajstić information content (AvgIpc) is 2.27. The molecule has 6 heteroatoms. The zero-order chi connectivity index (χ0) is 12.8. The molecule has 0 aromatic rings. The van der Waals surface area contributed by atoms with Gasteiger partial charge >= 0.3 is 12.0 Å². The largest absolute Gasteiger partial charge is 0.481 e. The van der Waals surface area contributed by atoms with Gasteiger partial charge < -0.3 is 20.4 Å². The number of likely N-dealkylation sites (tertiary alicyclic amines) is 1. The predicted octanol–water partition coefficient (Wildman–Crippen LogP) is 0.406. The molecule has 17 heavy (non-hydrogen) atoms. The first-order valence-electron chi connectivity index (χ1n) is 5.94. The Morgan fingerprint density at radius 2 is 2.18 bits per heavy atom. The van der Waals surface area contributed by atoms with Crippen molar-refractivity contribution < 1.29 is 19.8 Å². The molecule has 2 amide bonds. The molecule has 0 spiro atoms. The third-order valence-corrected chi connectivity index (χ3v) is 2.95. The standard InChI is InChI=1S/C11H20N2O4/c1-8(6-10(15)16)12-11(17)13-5-3-2-4-9(13)7-14/h8-9,14H,2-7H2,1H3,(H,12,17)(H,15,16). The van der Waals surface area contributed by atoms with E-state index in [-0.39, 0.29) is 25.1 Å². The van der Waals surface area contributed by atoms with Gasteiger partial charge in [-0.2, -0.15) is 0 Å². The van der Waals surface area contributed by atoms with Gasteiger partial charge in [-0.3, -0.25) is 4.79 Å². The van der Waals surface area contributed by atoms with Gasteiger partial charge in [0.1, 0.15) is 0 Å². The van der Waals surface area contributed by atoms with Gasteiger partial charge in [0, 0.05) is 12.6 Å². The minimum Gasteiger partial charge on any atom is -0.481 e. The maximum atomic E-state index is 11.9. The van der Waals surface area contributed by atoms with E-state index in [4.69, 9.17) is 5.11 Å². The average molecular weight is 244 g/mol. The SMILES string of the molecule is CC(CC(=O)O)NC(=O)N1CCCCC1CO. The molecule has 0 bridgehead atoms. The van der Waals surface area contributed by atoms with E-state index in [0.717, 1.165) is 19.3 Å². The van der Waals surface area contributed by atoms with Crippen molar-refractivity contribution in [2.24, 2.45) is 0 Å². The lowest BCUT2D eigenvalue weighted by Crippen LogP contribution is -2.52. The first kappa shape index (κ1) is 13.8. The van der Waals surface area contributed by atoms with E-state index in [1.165, 1.54) is 0 Å². The Morgan fingerprint density at radius 3 is 2.76 bits per heavy atom. The summed E-state index contributed by atoms with van der Waals surface area (Å²) in [5.74, 6) is -0.935. The number of rotatable bonds is 4. The molecular formula is C11H20N2O4. The second-order valence-corrected chi connectivity index (χ2v) is 4.47. The lowest BCUT2D eigenvalue weighted by molar-refractivity contribution is -0.137. The number of urea groups is 1. The first-order valence-corrected chi connectivity index (χ1v) is 5.94. The number of hydrogen-bond donors (Lipinski definition) is 3. The summed E-state index contributed by atoms with van der Waals surface area (Å²) in [4.78, 5) is 24.0. The van der Waals surface area contributed by atoms with E-state index in [1.54, 1.807) is 11.8 Å². The maximum absolute atomic E-state index is 11.9. The lowest BCUT2D eigenvalue weighted by Gasteiger charge is -2.35. The van der Waals surface area contributed by atoms with Gasteiger partial charge in [-0.15, -0.1) is 0 Å². The number of hydrogen-bond acceptors (Lipinski definition) is 3. The molecule has 6 nitrogen and oxygen atoms in total. The molecule has 98 valence electrons. The molecule has 0 aliphatic carbocycles. The van der Waals surface area contributed by atoms with E-state index >= 15 is 0 Å². The van der Waals surface area contributed by atoms with Crippen LogP contribution in [0.15, 0.2) is 0 Å². The summed E-state index contributed by atoms with van der Waals surface area (Å²) in [5, 5.41) is 20.4. The summed E-state index contributed by atoms with van der Waals surface area (Å²) in [6, 6.07) is -0.820. The summed E-state index contributed by atoms with van der Waals surface area (Å²) in [6.07, 6.45) is 2.65. The molecule has 0 aromatic carbocycles. The summed E-state index contributed by atoms with van der Waals surface area (Å²) in [7, 11) is 0. The van der Waals surface area contributed by atoms with Crippen LogP contribution in [0.25, 0.3) is 0 Å². The molecule has 2 atom stereocenters. The van der Waals surface area contributed by atoms with Crippen LogP contribution in [0, 0.1) is 0 Å². The van der Waals surface area contributed by atoms with Crippen molar-refractivity contribution in [2.45, 2.75) is 44.7 Å². The second kappa shape index (κ2) is 6.44. The quantitative estimate of drug-likeness (QED) is 0.668. The van der Waals surface area contributed by atoms with Gasteiger partial charge in [-0.05, 0) is 26.2 Å². The summed E-state index contributed by atoms with van der Waals surface area (Å²) < 4.78 is 0. The van der Waals surface area contributed by atoms with Crippen LogP contribution in [0.1, 0.15) is 32.6 Å². The third kappa shape index (κ3) is 4.22. The Kier molecular flexibility index (Phi) is 5.21. The van der Waals surface area contributed by atoms with Crippen molar-refractivity contribution in [3.8, 4) is 0 Å². The Bertz CT molecular complexity index is 283. The molecule has 0 aromatic heterocycles. The summed E-state index contributed by atoms with van der Waals surface area (Å²) >= 11 is 0. The Balaban J connectivity index is 2.47. The summed E-state index contributed by atoms with van der Waals surface area (Å²) in [5.41, 5.74) is 0. The van der Waals surface area contributed by atoms with Crippen LogP contribution in [0.4, 0.5) is 4.79 Å². The van der Waals surface area contributed by atoms with Crippen molar-refractivity contribution in [3.05, 3.63) is 0 Å². The number of nitrogens with zero attached hydrogens (tertiary/aromatic N) is 1. The number of piperidine rings is 1. The van der Waals surface area contributed by atoms with E-state index in [9.17, 15) is 14.7 Å². The molecule has 1 fully saturated rings. The van der Waals surface area contributed by atoms with Crippen molar-refractivity contribution in [1.29, 1.82) is 0 Å². The predicted molar refractivity (Wildman–Crippen MR) is 61.7 cm³/mol. The van der Waals surface area contributed by atoms with Crippen LogP contribution < -0.4 is 5.32 Å². The minimum atomic E-state index is -0.935. The maximum Gasteiger partial charge on any atom is 0.317 e. The van der Waals surface area contributed by atoms with E-state index < -0.39 is 12.0 Å². The molecule has 3 N–H and O–H groups in total. The van der Waals surface area contributed by atoms with Gasteiger partial charge in [0.25, 0.3) is 0 Å². The molecular weight excluding hydrogens is 224 g/mol. The van der Waals surface area contributed by atoms with E-state index in [1.807, 2.05) is 0 Å². The van der Waals surface area contributed by atoms with Crippen LogP contribution in [0.3, 0.4) is 0 Å². The fraction of sp³-hybridized carbons (Fsp3) is 0.818. The Labute approximate surface area is 101 Å². The number of amides is 2. The van der Waals surface area contributed by atoms with Crippen molar-refractivity contribution >= 4 is 12.0 Å². The van der Waals surface area contributed by atoms with Crippen LogP contribution in [-0.4, -0.2) is 52.3 Å². The number of aliphatic carboxylic acids is 1. The van der Waals surface area contributed by atoms with Crippen molar-refractivity contribution in [3.63, 3.8) is 0 Å². The highest BCUT2D eigenvalue weighted by Gasteiger charge is 2.26. The number of carbonyl (C=O) groups excluding carboxylic acids is 1. The Morgan fingerprint density at radius 1 is 1.47 bits per heavy atom. The number of carboxylic acids is 1. The van der Waals surface area contributed by atoms with Crippen LogP contribution in [-0.2, 0) is 4.79 Å². The van der Waals surface area contributed by atoms with Crippen molar-refractivity contribution in [1.82, 2.24) is 10.2 Å². The van der Waals surface area contributed by atoms with Gasteiger partial charge in [0.2, 0.25) is 0 Å². The molecule has 1 rings (SSSR count).